The van der Waals surface area contributed by atoms with Gasteiger partial charge in [-0.25, -0.2) is 29.9 Å². The summed E-state index contributed by atoms with van der Waals surface area (Å²) in [6.45, 7) is 0. The molecule has 0 spiro atoms. The molecule has 280 valence electrons. The van der Waals surface area contributed by atoms with E-state index in [4.69, 9.17) is 29.9 Å². The standard InChI is InChI=1S/C54H34N6/c1-6-20-35(21-7-1)43-34-44-46(51-50(43)56-47(36-22-8-2-9-23-36)48(57-51)37-24-10-3-11-25-37)42-32-18-19-33-45(42)55-49(44)40-30-16-17-31-41(40)54-59-52(38-26-12-4-13-27-38)58-53(60-54)39-28-14-5-15-29-39/h1-34H. The molecule has 11 aromatic rings. The Morgan fingerprint density at radius 1 is 0.250 bits per heavy atom. The molecule has 0 amide bonds. The number of benzene rings is 8. The molecule has 60 heavy (non-hydrogen) atoms. The molecule has 3 heterocycles. The van der Waals surface area contributed by atoms with Crippen molar-refractivity contribution in [1.82, 2.24) is 29.9 Å². The number of rotatable bonds is 7. The van der Waals surface area contributed by atoms with Crippen LogP contribution in [0.1, 0.15) is 0 Å². The van der Waals surface area contributed by atoms with Gasteiger partial charge in [0, 0.05) is 55.1 Å². The van der Waals surface area contributed by atoms with Gasteiger partial charge >= 0.3 is 0 Å². The average Bonchev–Trinajstić information content (AvgIpc) is 3.34. The van der Waals surface area contributed by atoms with Crippen molar-refractivity contribution in [3.05, 3.63) is 206 Å². The van der Waals surface area contributed by atoms with Crippen molar-refractivity contribution in [2.75, 3.05) is 0 Å². The summed E-state index contributed by atoms with van der Waals surface area (Å²) >= 11 is 0. The highest BCUT2D eigenvalue weighted by molar-refractivity contribution is 6.24. The number of hydrogen-bond acceptors (Lipinski definition) is 6. The molecule has 8 aromatic carbocycles. The Labute approximate surface area is 346 Å². The van der Waals surface area contributed by atoms with Gasteiger partial charge in [0.25, 0.3) is 0 Å². The summed E-state index contributed by atoms with van der Waals surface area (Å²) in [5.74, 6) is 1.76. The second-order valence-electron chi connectivity index (χ2n) is 14.6. The molecule has 6 heteroatoms. The summed E-state index contributed by atoms with van der Waals surface area (Å²) in [4.78, 5) is 32.0. The zero-order valence-electron chi connectivity index (χ0n) is 32.3. The van der Waals surface area contributed by atoms with Crippen LogP contribution in [0.5, 0.6) is 0 Å². The van der Waals surface area contributed by atoms with Gasteiger partial charge in [-0.1, -0.05) is 194 Å². The molecule has 3 aromatic heterocycles. The molecule has 0 aliphatic carbocycles. The quantitative estimate of drug-likeness (QED) is 0.150. The predicted octanol–water partition coefficient (Wildman–Crippen LogP) is 13.2. The first-order valence-corrected chi connectivity index (χ1v) is 20.0. The van der Waals surface area contributed by atoms with E-state index in [9.17, 15) is 0 Å². The molecule has 0 saturated heterocycles. The molecule has 6 nitrogen and oxygen atoms in total. The van der Waals surface area contributed by atoms with Gasteiger partial charge in [-0.05, 0) is 17.7 Å². The van der Waals surface area contributed by atoms with Crippen molar-refractivity contribution in [2.45, 2.75) is 0 Å². The van der Waals surface area contributed by atoms with E-state index in [1.54, 1.807) is 0 Å². The Hall–Kier alpha value is -8.22. The first kappa shape index (κ1) is 35.0. The van der Waals surface area contributed by atoms with E-state index in [2.05, 4.69) is 115 Å². The Morgan fingerprint density at radius 2 is 0.683 bits per heavy atom. The van der Waals surface area contributed by atoms with Crippen LogP contribution >= 0.6 is 0 Å². The second kappa shape index (κ2) is 14.9. The molecule has 0 bridgehead atoms. The molecule has 0 aliphatic rings. The highest BCUT2D eigenvalue weighted by Gasteiger charge is 2.24. The molecule has 0 aliphatic heterocycles. The first-order chi connectivity index (χ1) is 29.8. The average molecular weight is 767 g/mol. The Balaban J connectivity index is 1.25. The van der Waals surface area contributed by atoms with Gasteiger partial charge in [0.1, 0.15) is 0 Å². The lowest BCUT2D eigenvalue weighted by atomic mass is 9.91. The largest absolute Gasteiger partial charge is 0.247 e. The van der Waals surface area contributed by atoms with Crippen LogP contribution in [0.3, 0.4) is 0 Å². The van der Waals surface area contributed by atoms with Crippen molar-refractivity contribution in [1.29, 1.82) is 0 Å². The van der Waals surface area contributed by atoms with Crippen molar-refractivity contribution in [2.24, 2.45) is 0 Å². The zero-order chi connectivity index (χ0) is 39.8. The van der Waals surface area contributed by atoms with Crippen LogP contribution in [-0.2, 0) is 0 Å². The summed E-state index contributed by atoms with van der Waals surface area (Å²) in [6.07, 6.45) is 0. The smallest absolute Gasteiger partial charge is 0.164 e. The van der Waals surface area contributed by atoms with Gasteiger partial charge < -0.3 is 0 Å². The summed E-state index contributed by atoms with van der Waals surface area (Å²) in [5.41, 5.74) is 12.5. The van der Waals surface area contributed by atoms with Crippen molar-refractivity contribution in [3.63, 3.8) is 0 Å². The maximum absolute atomic E-state index is 5.67. The molecular weight excluding hydrogens is 733 g/mol. The fourth-order valence-electron chi connectivity index (χ4n) is 8.08. The van der Waals surface area contributed by atoms with E-state index >= 15 is 0 Å². The number of fused-ring (bicyclic) bond motifs is 5. The summed E-state index contributed by atoms with van der Waals surface area (Å²) in [5, 5.41) is 2.93. The van der Waals surface area contributed by atoms with Gasteiger partial charge in [0.05, 0.1) is 33.6 Å². The number of aromatic nitrogens is 6. The Morgan fingerprint density at radius 3 is 1.25 bits per heavy atom. The number of pyridine rings is 1. The molecule has 0 saturated carbocycles. The molecule has 0 atom stereocenters. The van der Waals surface area contributed by atoms with E-state index in [0.29, 0.717) is 17.5 Å². The van der Waals surface area contributed by atoms with E-state index < -0.39 is 0 Å². The number of para-hydroxylation sites is 1. The van der Waals surface area contributed by atoms with E-state index in [-0.39, 0.29) is 0 Å². The van der Waals surface area contributed by atoms with Crippen molar-refractivity contribution in [3.8, 4) is 79.1 Å². The summed E-state index contributed by atoms with van der Waals surface area (Å²) in [7, 11) is 0. The highest BCUT2D eigenvalue weighted by atomic mass is 15.0. The lowest BCUT2D eigenvalue weighted by molar-refractivity contribution is 1.07. The SMILES string of the molecule is c1ccc(-c2nc(-c3ccccc3)nc(-c3ccccc3-c3nc4ccccc4c4c3cc(-c3ccccc3)c3nc(-c5ccccc5)c(-c5ccccc5)nc34)n2)cc1. The minimum Gasteiger partial charge on any atom is -0.247 e. The minimum absolute atomic E-state index is 0.559. The highest BCUT2D eigenvalue weighted by Crippen LogP contribution is 2.44. The third-order valence-corrected chi connectivity index (χ3v) is 10.9. The zero-order valence-corrected chi connectivity index (χ0v) is 32.3. The fourth-order valence-corrected chi connectivity index (χ4v) is 8.08. The lowest BCUT2D eigenvalue weighted by Gasteiger charge is -2.18. The van der Waals surface area contributed by atoms with Crippen LogP contribution < -0.4 is 0 Å². The maximum Gasteiger partial charge on any atom is 0.164 e. The minimum atomic E-state index is 0.559. The molecule has 0 unspecified atom stereocenters. The van der Waals surface area contributed by atoms with Crippen LogP contribution in [0.2, 0.25) is 0 Å². The van der Waals surface area contributed by atoms with Crippen LogP contribution in [0.25, 0.3) is 112 Å². The first-order valence-electron chi connectivity index (χ1n) is 20.0. The van der Waals surface area contributed by atoms with Crippen LogP contribution in [0, 0.1) is 0 Å². The van der Waals surface area contributed by atoms with Crippen molar-refractivity contribution >= 4 is 32.7 Å². The number of nitrogens with zero attached hydrogens (tertiary/aromatic N) is 6. The van der Waals surface area contributed by atoms with E-state index in [1.807, 2.05) is 91.0 Å². The van der Waals surface area contributed by atoms with Crippen molar-refractivity contribution < 1.29 is 0 Å². The van der Waals surface area contributed by atoms with Gasteiger partial charge in [-0.2, -0.15) is 0 Å². The normalized spacial score (nSPS) is 11.3. The van der Waals surface area contributed by atoms with E-state index in [1.165, 1.54) is 0 Å². The third kappa shape index (κ3) is 6.24. The Kier molecular flexibility index (Phi) is 8.71. The van der Waals surface area contributed by atoms with Crippen LogP contribution in [0.15, 0.2) is 206 Å². The molecular formula is C54H34N6. The Bertz CT molecular complexity index is 3280. The second-order valence-corrected chi connectivity index (χ2v) is 14.6. The van der Waals surface area contributed by atoms with Gasteiger partial charge in [-0.15, -0.1) is 0 Å². The molecule has 0 N–H and O–H groups in total. The number of hydrogen-bond donors (Lipinski definition) is 0. The third-order valence-electron chi connectivity index (χ3n) is 10.9. The van der Waals surface area contributed by atoms with Gasteiger partial charge in [-0.3, -0.25) is 0 Å². The van der Waals surface area contributed by atoms with Gasteiger partial charge in [0.2, 0.25) is 0 Å². The monoisotopic (exact) mass is 766 g/mol. The van der Waals surface area contributed by atoms with E-state index in [0.717, 1.165) is 94.3 Å². The summed E-state index contributed by atoms with van der Waals surface area (Å²) in [6, 6.07) is 70.1. The van der Waals surface area contributed by atoms with Crippen LogP contribution in [0.4, 0.5) is 0 Å². The summed E-state index contributed by atoms with van der Waals surface area (Å²) < 4.78 is 0. The molecule has 0 radical (unpaired) electrons. The van der Waals surface area contributed by atoms with Crippen LogP contribution in [-0.4, -0.2) is 29.9 Å². The lowest BCUT2D eigenvalue weighted by Crippen LogP contribution is -2.02. The maximum atomic E-state index is 5.67. The fraction of sp³-hybridized carbons (Fsp3) is 0. The topological polar surface area (TPSA) is 77.3 Å². The van der Waals surface area contributed by atoms with Gasteiger partial charge in [0.15, 0.2) is 17.5 Å². The molecule has 11 rings (SSSR count). The molecule has 0 fully saturated rings. The predicted molar refractivity (Wildman–Crippen MR) is 244 cm³/mol.